The number of rotatable bonds is 6. The molecule has 0 atom stereocenters. The second kappa shape index (κ2) is 8.12. The van der Waals surface area contributed by atoms with E-state index in [9.17, 15) is 4.79 Å². The molecular weight excluding hydrogens is 394 g/mol. The van der Waals surface area contributed by atoms with Crippen LogP contribution >= 0.6 is 22.9 Å². The van der Waals surface area contributed by atoms with Gasteiger partial charge >= 0.3 is 0 Å². The van der Waals surface area contributed by atoms with Gasteiger partial charge in [-0.1, -0.05) is 48.4 Å². The maximum Gasteiger partial charge on any atom is 0.291 e. The molecule has 0 N–H and O–H groups in total. The zero-order chi connectivity index (χ0) is 19.5. The molecule has 2 aromatic carbocycles. The Hall–Kier alpha value is -2.70. The summed E-state index contributed by atoms with van der Waals surface area (Å²) in [7, 11) is 0. The average molecular weight is 412 g/mol. The van der Waals surface area contributed by atoms with Crippen LogP contribution < -0.4 is 14.8 Å². The van der Waals surface area contributed by atoms with Crippen LogP contribution in [0.3, 0.4) is 0 Å². The summed E-state index contributed by atoms with van der Waals surface area (Å²) in [5.41, 5.74) is 1.58. The molecule has 142 valence electrons. The van der Waals surface area contributed by atoms with Crippen LogP contribution in [0.15, 0.2) is 53.3 Å². The molecule has 4 aromatic rings. The fourth-order valence-corrected chi connectivity index (χ4v) is 3.73. The predicted molar refractivity (Wildman–Crippen MR) is 113 cm³/mol. The molecule has 7 heteroatoms. The first-order chi connectivity index (χ1) is 13.6. The van der Waals surface area contributed by atoms with Crippen LogP contribution in [0.2, 0.25) is 5.02 Å². The Kier molecular flexibility index (Phi) is 5.41. The van der Waals surface area contributed by atoms with Gasteiger partial charge in [-0.05, 0) is 54.5 Å². The third-order valence-electron chi connectivity index (χ3n) is 4.23. The van der Waals surface area contributed by atoms with Crippen molar-refractivity contribution in [2.45, 2.75) is 19.8 Å². The summed E-state index contributed by atoms with van der Waals surface area (Å²) in [4.78, 5) is 17.7. The van der Waals surface area contributed by atoms with Crippen molar-refractivity contribution >= 4 is 34.0 Å². The molecule has 0 amide bonds. The topological polar surface area (TPSA) is 56.5 Å². The van der Waals surface area contributed by atoms with Crippen molar-refractivity contribution in [3.8, 4) is 17.1 Å². The first-order valence-electron chi connectivity index (χ1n) is 9.04. The van der Waals surface area contributed by atoms with Gasteiger partial charge in [-0.3, -0.25) is 4.79 Å². The second-order valence-corrected chi connectivity index (χ2v) is 7.77. The first kappa shape index (κ1) is 18.7. The number of hydrogen-bond acceptors (Lipinski definition) is 5. The highest BCUT2D eigenvalue weighted by Gasteiger charge is 2.12. The van der Waals surface area contributed by atoms with Crippen LogP contribution in [-0.4, -0.2) is 21.2 Å². The zero-order valence-corrected chi connectivity index (χ0v) is 16.8. The van der Waals surface area contributed by atoms with E-state index in [1.807, 2.05) is 42.5 Å². The average Bonchev–Trinajstić information content (AvgIpc) is 3.24. The second-order valence-electron chi connectivity index (χ2n) is 6.32. The van der Waals surface area contributed by atoms with Crippen molar-refractivity contribution in [1.82, 2.24) is 14.6 Å². The molecule has 0 spiro atoms. The lowest BCUT2D eigenvalue weighted by Crippen LogP contribution is -2.23. The molecule has 0 unspecified atom stereocenters. The summed E-state index contributed by atoms with van der Waals surface area (Å²) < 4.78 is 7.61. The Labute approximate surface area is 170 Å². The zero-order valence-electron chi connectivity index (χ0n) is 15.3. The normalized spacial score (nSPS) is 12.0. The van der Waals surface area contributed by atoms with E-state index in [2.05, 4.69) is 17.0 Å². The van der Waals surface area contributed by atoms with Crippen LogP contribution in [0, 0.1) is 0 Å². The minimum absolute atomic E-state index is 0.173. The summed E-state index contributed by atoms with van der Waals surface area (Å²) in [6.45, 7) is 2.84. The molecular formula is C21H18ClN3O2S. The standard InChI is InChI=1S/C21H18ClN3O2S/c1-2-3-12-27-17-10-6-15(7-11-17)19-23-21-25(24-19)20(26)18(28-21)13-14-4-8-16(22)9-5-14/h4-11,13H,2-3,12H2,1H3. The smallest absolute Gasteiger partial charge is 0.291 e. The van der Waals surface area contributed by atoms with Gasteiger partial charge in [-0.2, -0.15) is 9.50 Å². The SMILES string of the molecule is CCCCOc1ccc(-c2nc3sc(=Cc4ccc(Cl)cc4)c(=O)n3n2)cc1. The molecule has 0 aliphatic rings. The fourth-order valence-electron chi connectivity index (χ4n) is 2.70. The molecule has 4 rings (SSSR count). The van der Waals surface area contributed by atoms with Crippen LogP contribution in [0.5, 0.6) is 5.75 Å². The van der Waals surface area contributed by atoms with Gasteiger partial charge in [0.1, 0.15) is 5.75 Å². The van der Waals surface area contributed by atoms with E-state index in [1.165, 1.54) is 15.9 Å². The van der Waals surface area contributed by atoms with Gasteiger partial charge in [0.2, 0.25) is 4.96 Å². The van der Waals surface area contributed by atoms with Crippen molar-refractivity contribution in [1.29, 1.82) is 0 Å². The number of thiazole rings is 1. The van der Waals surface area contributed by atoms with Crippen molar-refractivity contribution in [2.75, 3.05) is 6.61 Å². The van der Waals surface area contributed by atoms with Crippen molar-refractivity contribution in [3.63, 3.8) is 0 Å². The summed E-state index contributed by atoms with van der Waals surface area (Å²) in [6.07, 6.45) is 3.95. The van der Waals surface area contributed by atoms with Crippen molar-refractivity contribution in [3.05, 3.63) is 74.0 Å². The van der Waals surface area contributed by atoms with Crippen molar-refractivity contribution < 1.29 is 4.74 Å². The number of nitrogens with zero attached hydrogens (tertiary/aromatic N) is 3. The minimum Gasteiger partial charge on any atom is -0.494 e. The molecule has 0 aliphatic carbocycles. The third-order valence-corrected chi connectivity index (χ3v) is 5.44. The van der Waals surface area contributed by atoms with E-state index in [0.29, 0.717) is 26.9 Å². The molecule has 0 fully saturated rings. The lowest BCUT2D eigenvalue weighted by molar-refractivity contribution is 0.309. The molecule has 5 nitrogen and oxygen atoms in total. The Morgan fingerprint density at radius 1 is 1.14 bits per heavy atom. The van der Waals surface area contributed by atoms with Gasteiger partial charge in [0.15, 0.2) is 5.82 Å². The third kappa shape index (κ3) is 3.93. The van der Waals surface area contributed by atoms with Crippen LogP contribution in [0.1, 0.15) is 25.3 Å². The summed E-state index contributed by atoms with van der Waals surface area (Å²) >= 11 is 7.22. The van der Waals surface area contributed by atoms with Crippen LogP contribution in [-0.2, 0) is 0 Å². The van der Waals surface area contributed by atoms with Gasteiger partial charge in [-0.25, -0.2) is 0 Å². The van der Waals surface area contributed by atoms with E-state index >= 15 is 0 Å². The maximum atomic E-state index is 12.6. The summed E-state index contributed by atoms with van der Waals surface area (Å²) in [5, 5.41) is 5.05. The number of ether oxygens (including phenoxy) is 1. The lowest BCUT2D eigenvalue weighted by atomic mass is 10.2. The van der Waals surface area contributed by atoms with Gasteiger partial charge in [0, 0.05) is 10.6 Å². The highest BCUT2D eigenvalue weighted by molar-refractivity contribution is 7.15. The summed E-state index contributed by atoms with van der Waals surface area (Å²) in [6, 6.07) is 14.9. The van der Waals surface area contributed by atoms with Crippen LogP contribution in [0.25, 0.3) is 22.4 Å². The Morgan fingerprint density at radius 3 is 2.57 bits per heavy atom. The Bertz CT molecular complexity index is 1200. The Morgan fingerprint density at radius 2 is 1.89 bits per heavy atom. The Balaban J connectivity index is 1.61. The number of hydrogen-bond donors (Lipinski definition) is 0. The predicted octanol–water partition coefficient (Wildman–Crippen LogP) is 4.20. The van der Waals surface area contributed by atoms with Crippen molar-refractivity contribution in [2.24, 2.45) is 0 Å². The molecule has 0 aliphatic heterocycles. The number of halogens is 1. The van der Waals surface area contributed by atoms with Gasteiger partial charge in [0.05, 0.1) is 11.1 Å². The first-order valence-corrected chi connectivity index (χ1v) is 10.2. The lowest BCUT2D eigenvalue weighted by Gasteiger charge is -2.05. The largest absolute Gasteiger partial charge is 0.494 e. The number of aromatic nitrogens is 3. The summed E-state index contributed by atoms with van der Waals surface area (Å²) in [5.74, 6) is 1.35. The van der Waals surface area contributed by atoms with E-state index in [4.69, 9.17) is 16.3 Å². The maximum absolute atomic E-state index is 12.6. The van der Waals surface area contributed by atoms with Crippen LogP contribution in [0.4, 0.5) is 0 Å². The molecule has 0 saturated carbocycles. The number of fused-ring (bicyclic) bond motifs is 1. The molecule has 0 saturated heterocycles. The molecule has 0 radical (unpaired) electrons. The fraction of sp³-hybridized carbons (Fsp3) is 0.190. The van der Waals surface area contributed by atoms with E-state index in [1.54, 1.807) is 12.1 Å². The molecule has 0 bridgehead atoms. The van der Waals surface area contributed by atoms with E-state index in [0.717, 1.165) is 29.7 Å². The molecule has 2 aromatic heterocycles. The highest BCUT2D eigenvalue weighted by Crippen LogP contribution is 2.20. The minimum atomic E-state index is -0.173. The van der Waals surface area contributed by atoms with Gasteiger partial charge in [-0.15, -0.1) is 5.10 Å². The molecule has 2 heterocycles. The molecule has 28 heavy (non-hydrogen) atoms. The van der Waals surface area contributed by atoms with Gasteiger partial charge < -0.3 is 4.74 Å². The monoisotopic (exact) mass is 411 g/mol. The van der Waals surface area contributed by atoms with E-state index in [-0.39, 0.29) is 5.56 Å². The quantitative estimate of drug-likeness (QED) is 0.446. The number of benzene rings is 2. The van der Waals surface area contributed by atoms with Gasteiger partial charge in [0.25, 0.3) is 5.56 Å². The van der Waals surface area contributed by atoms with E-state index < -0.39 is 0 Å². The highest BCUT2D eigenvalue weighted by atomic mass is 35.5. The number of unbranched alkanes of at least 4 members (excludes halogenated alkanes) is 1.